The van der Waals surface area contributed by atoms with Crippen molar-refractivity contribution in [3.8, 4) is 0 Å². The molecule has 0 radical (unpaired) electrons. The van der Waals surface area contributed by atoms with Crippen molar-refractivity contribution in [1.29, 1.82) is 0 Å². The minimum atomic E-state index is -1.03. The minimum Gasteiger partial charge on any atom is -0.480 e. The Morgan fingerprint density at radius 2 is 1.39 bits per heavy atom. The molecule has 0 unspecified atom stereocenters. The number of carboxylic acids is 1. The number of carboxylic acid groups (broad SMARTS) is 1. The average Bonchev–Trinajstić information content (AvgIpc) is 3.52. The summed E-state index contributed by atoms with van der Waals surface area (Å²) >= 11 is 0. The average molecular weight is 450 g/mol. The number of hydrogen-bond donors (Lipinski definition) is 1. The van der Waals surface area contributed by atoms with Crippen molar-refractivity contribution >= 4 is 23.8 Å². The third kappa shape index (κ3) is 4.89. The van der Waals surface area contributed by atoms with Gasteiger partial charge in [0.25, 0.3) is 11.8 Å². The zero-order valence-electron chi connectivity index (χ0n) is 18.2. The number of rotatable bonds is 6. The first kappa shape index (κ1) is 22.5. The third-order valence-electron chi connectivity index (χ3n) is 6.16. The van der Waals surface area contributed by atoms with Crippen molar-refractivity contribution in [1.82, 2.24) is 9.80 Å². The molecule has 4 rings (SSSR count). The van der Waals surface area contributed by atoms with E-state index in [-0.39, 0.29) is 23.6 Å². The van der Waals surface area contributed by atoms with Crippen LogP contribution in [0.3, 0.4) is 0 Å². The summed E-state index contributed by atoms with van der Waals surface area (Å²) in [6, 6.07) is 14.1. The molecule has 2 saturated heterocycles. The van der Waals surface area contributed by atoms with Gasteiger partial charge in [0, 0.05) is 24.2 Å². The number of nitrogens with zero attached hydrogens (tertiary/aromatic N) is 2. The van der Waals surface area contributed by atoms with Crippen LogP contribution in [0.5, 0.6) is 0 Å². The Morgan fingerprint density at radius 1 is 0.818 bits per heavy atom. The van der Waals surface area contributed by atoms with Gasteiger partial charge in [-0.15, -0.1) is 0 Å². The topological polar surface area (TPSA) is 104 Å². The van der Waals surface area contributed by atoms with Crippen LogP contribution < -0.4 is 0 Å². The molecule has 2 aromatic carbocycles. The smallest absolute Gasteiger partial charge is 0.329 e. The van der Waals surface area contributed by atoms with Gasteiger partial charge < -0.3 is 19.6 Å². The molecule has 2 amide bonds. The van der Waals surface area contributed by atoms with Gasteiger partial charge in [0.1, 0.15) is 18.7 Å². The lowest BCUT2D eigenvalue weighted by molar-refractivity contribution is -0.149. The Labute approximate surface area is 191 Å². The summed E-state index contributed by atoms with van der Waals surface area (Å²) in [5.41, 5.74) is 1.42. The van der Waals surface area contributed by atoms with Crippen LogP contribution in [0.2, 0.25) is 0 Å². The summed E-state index contributed by atoms with van der Waals surface area (Å²) in [5.74, 6) is -2.23. The zero-order valence-corrected chi connectivity index (χ0v) is 18.2. The number of benzene rings is 2. The number of likely N-dealkylation sites (tertiary alicyclic amines) is 2. The highest BCUT2D eigenvalue weighted by atomic mass is 16.5. The van der Waals surface area contributed by atoms with E-state index in [1.807, 2.05) is 30.3 Å². The van der Waals surface area contributed by atoms with Gasteiger partial charge in [-0.1, -0.05) is 36.4 Å². The predicted molar refractivity (Wildman–Crippen MR) is 118 cm³/mol. The standard InChI is InChI=1S/C25H26N2O6/c28-22(26-13-5-11-20(26)24(30)31)18-9-4-10-19(15-18)23(29)27-14-6-12-21(27)25(32)33-16-17-7-2-1-3-8-17/h1-4,7-10,15,20-21H,5-6,11-14,16H2,(H,30,31)/t20-,21-/m1/s1. The maximum Gasteiger partial charge on any atom is 0.329 e. The number of carbonyl (C=O) groups excluding carboxylic acids is 3. The van der Waals surface area contributed by atoms with Crippen molar-refractivity contribution in [2.75, 3.05) is 13.1 Å². The number of amides is 2. The SMILES string of the molecule is O=C(O)[C@H]1CCCN1C(=O)c1cccc(C(=O)N2CCC[C@@H]2C(=O)OCc2ccccc2)c1. The van der Waals surface area contributed by atoms with Gasteiger partial charge in [-0.3, -0.25) is 9.59 Å². The molecule has 0 saturated carbocycles. The van der Waals surface area contributed by atoms with Gasteiger partial charge in [-0.25, -0.2) is 9.59 Å². The maximum atomic E-state index is 13.2. The first-order valence-electron chi connectivity index (χ1n) is 11.1. The van der Waals surface area contributed by atoms with E-state index in [4.69, 9.17) is 4.74 Å². The Kier molecular flexibility index (Phi) is 6.72. The second kappa shape index (κ2) is 9.85. The number of hydrogen-bond acceptors (Lipinski definition) is 5. The molecule has 2 aromatic rings. The fourth-order valence-electron chi connectivity index (χ4n) is 4.46. The summed E-state index contributed by atoms with van der Waals surface area (Å²) in [6.45, 7) is 0.938. The molecular weight excluding hydrogens is 424 g/mol. The molecule has 172 valence electrons. The van der Waals surface area contributed by atoms with Crippen LogP contribution >= 0.6 is 0 Å². The highest BCUT2D eigenvalue weighted by Gasteiger charge is 2.37. The van der Waals surface area contributed by atoms with Crippen LogP contribution in [0, 0.1) is 0 Å². The van der Waals surface area contributed by atoms with Gasteiger partial charge in [0.2, 0.25) is 0 Å². The largest absolute Gasteiger partial charge is 0.480 e. The van der Waals surface area contributed by atoms with Crippen molar-refractivity contribution < 1.29 is 29.0 Å². The normalized spacial score (nSPS) is 20.0. The van der Waals surface area contributed by atoms with E-state index in [9.17, 15) is 24.3 Å². The van der Waals surface area contributed by atoms with Crippen molar-refractivity contribution in [2.45, 2.75) is 44.4 Å². The second-order valence-corrected chi connectivity index (χ2v) is 8.33. The van der Waals surface area contributed by atoms with E-state index in [0.29, 0.717) is 38.8 Å². The second-order valence-electron chi connectivity index (χ2n) is 8.33. The summed E-state index contributed by atoms with van der Waals surface area (Å²) in [7, 11) is 0. The van der Waals surface area contributed by atoms with Crippen LogP contribution in [0.15, 0.2) is 54.6 Å². The highest BCUT2D eigenvalue weighted by molar-refractivity contribution is 6.02. The molecule has 1 N–H and O–H groups in total. The lowest BCUT2D eigenvalue weighted by atomic mass is 10.1. The Balaban J connectivity index is 1.45. The summed E-state index contributed by atoms with van der Waals surface area (Å²) in [4.78, 5) is 53.1. The molecule has 2 fully saturated rings. The van der Waals surface area contributed by atoms with Crippen molar-refractivity contribution in [2.24, 2.45) is 0 Å². The van der Waals surface area contributed by atoms with Gasteiger partial charge in [0.05, 0.1) is 0 Å². The van der Waals surface area contributed by atoms with Gasteiger partial charge in [0.15, 0.2) is 0 Å². The Bertz CT molecular complexity index is 1050. The van der Waals surface area contributed by atoms with Crippen LogP contribution in [-0.4, -0.2) is 63.8 Å². The fraction of sp³-hybridized carbons (Fsp3) is 0.360. The molecule has 2 aliphatic rings. The van der Waals surface area contributed by atoms with Crippen LogP contribution in [0.4, 0.5) is 0 Å². The van der Waals surface area contributed by atoms with Gasteiger partial charge in [-0.2, -0.15) is 0 Å². The first-order valence-corrected chi connectivity index (χ1v) is 11.1. The maximum absolute atomic E-state index is 13.2. The van der Waals surface area contributed by atoms with Gasteiger partial charge in [-0.05, 0) is 49.4 Å². The molecule has 0 aliphatic carbocycles. The highest BCUT2D eigenvalue weighted by Crippen LogP contribution is 2.24. The summed E-state index contributed by atoms with van der Waals surface area (Å²) in [6.07, 6.45) is 2.25. The summed E-state index contributed by atoms with van der Waals surface area (Å²) < 4.78 is 5.44. The molecular formula is C25H26N2O6. The fourth-order valence-corrected chi connectivity index (χ4v) is 4.46. The zero-order chi connectivity index (χ0) is 23.4. The van der Waals surface area contributed by atoms with E-state index in [1.54, 1.807) is 18.2 Å². The van der Waals surface area contributed by atoms with E-state index in [0.717, 1.165) is 5.56 Å². The molecule has 8 heteroatoms. The van der Waals surface area contributed by atoms with Crippen molar-refractivity contribution in [3.05, 3.63) is 71.3 Å². The van der Waals surface area contributed by atoms with Crippen LogP contribution in [0.25, 0.3) is 0 Å². The third-order valence-corrected chi connectivity index (χ3v) is 6.16. The predicted octanol–water partition coefficient (Wildman–Crippen LogP) is 2.72. The quantitative estimate of drug-likeness (QED) is 0.679. The molecule has 33 heavy (non-hydrogen) atoms. The summed E-state index contributed by atoms with van der Waals surface area (Å²) in [5, 5.41) is 9.36. The molecule has 2 aliphatic heterocycles. The molecule has 2 atom stereocenters. The minimum absolute atomic E-state index is 0.142. The molecule has 2 heterocycles. The Hall–Kier alpha value is -3.68. The lowest BCUT2D eigenvalue weighted by Gasteiger charge is -2.24. The molecule has 0 aromatic heterocycles. The van der Waals surface area contributed by atoms with E-state index >= 15 is 0 Å². The van der Waals surface area contributed by atoms with E-state index < -0.39 is 29.9 Å². The van der Waals surface area contributed by atoms with E-state index in [1.165, 1.54) is 15.9 Å². The molecule has 8 nitrogen and oxygen atoms in total. The van der Waals surface area contributed by atoms with E-state index in [2.05, 4.69) is 0 Å². The van der Waals surface area contributed by atoms with Crippen LogP contribution in [0.1, 0.15) is 52.0 Å². The monoisotopic (exact) mass is 450 g/mol. The first-order chi connectivity index (χ1) is 16.0. The van der Waals surface area contributed by atoms with Crippen molar-refractivity contribution in [3.63, 3.8) is 0 Å². The van der Waals surface area contributed by atoms with Gasteiger partial charge >= 0.3 is 11.9 Å². The number of esters is 1. The Morgan fingerprint density at radius 3 is 2.00 bits per heavy atom. The number of carbonyl (C=O) groups is 4. The molecule has 0 bridgehead atoms. The van der Waals surface area contributed by atoms with Crippen LogP contribution in [-0.2, 0) is 20.9 Å². The number of aliphatic carboxylic acids is 1. The molecule has 0 spiro atoms. The lowest BCUT2D eigenvalue weighted by Crippen LogP contribution is -2.42. The number of ether oxygens (including phenoxy) is 1.